The Morgan fingerprint density at radius 2 is 2.04 bits per heavy atom. The van der Waals surface area contributed by atoms with Crippen LogP contribution in [0.5, 0.6) is 0 Å². The zero-order valence-corrected chi connectivity index (χ0v) is 14.0. The maximum atomic E-state index is 13.4. The number of amides is 1. The minimum absolute atomic E-state index is 0.0300. The highest BCUT2D eigenvalue weighted by Crippen LogP contribution is 2.25. The van der Waals surface area contributed by atoms with Gasteiger partial charge in [0, 0.05) is 17.1 Å². The standard InChI is InChI=1S/C18H14ClFN2O3/c1-25-18(24)10-2-4-14(19)16(6-10)22-17(23)7-11-9-21-15-5-3-12(20)8-13(11)15/h2-6,8-9,21H,7H2,1H3,(H,22,23). The number of nitrogens with one attached hydrogen (secondary N) is 2. The van der Waals surface area contributed by atoms with Crippen LogP contribution < -0.4 is 5.32 Å². The molecule has 0 aliphatic carbocycles. The molecule has 0 aliphatic heterocycles. The van der Waals surface area contributed by atoms with E-state index in [4.69, 9.17) is 11.6 Å². The van der Waals surface area contributed by atoms with Gasteiger partial charge in [-0.1, -0.05) is 11.6 Å². The Bertz CT molecular complexity index is 968. The van der Waals surface area contributed by atoms with Crippen molar-refractivity contribution in [1.82, 2.24) is 4.98 Å². The lowest BCUT2D eigenvalue weighted by Crippen LogP contribution is -2.15. The fourth-order valence-electron chi connectivity index (χ4n) is 2.53. The van der Waals surface area contributed by atoms with E-state index in [1.807, 2.05) is 0 Å². The number of carbonyl (C=O) groups is 2. The first-order valence-electron chi connectivity index (χ1n) is 7.41. The minimum Gasteiger partial charge on any atom is -0.465 e. The fourth-order valence-corrected chi connectivity index (χ4v) is 2.69. The summed E-state index contributed by atoms with van der Waals surface area (Å²) < 4.78 is 18.1. The molecule has 3 rings (SSSR count). The molecular weight excluding hydrogens is 347 g/mol. The van der Waals surface area contributed by atoms with Crippen molar-refractivity contribution in [2.24, 2.45) is 0 Å². The normalized spacial score (nSPS) is 10.7. The van der Waals surface area contributed by atoms with E-state index in [9.17, 15) is 14.0 Å². The predicted octanol–water partition coefficient (Wildman–Crippen LogP) is 3.93. The molecule has 0 unspecified atom stereocenters. The van der Waals surface area contributed by atoms with Crippen molar-refractivity contribution >= 4 is 40.1 Å². The number of aromatic nitrogens is 1. The van der Waals surface area contributed by atoms with E-state index >= 15 is 0 Å². The topological polar surface area (TPSA) is 71.2 Å². The minimum atomic E-state index is -0.528. The van der Waals surface area contributed by atoms with Crippen LogP contribution in [0, 0.1) is 5.82 Å². The molecule has 128 valence electrons. The maximum absolute atomic E-state index is 13.4. The Labute approximate surface area is 147 Å². The summed E-state index contributed by atoms with van der Waals surface area (Å²) in [6.45, 7) is 0. The van der Waals surface area contributed by atoms with Gasteiger partial charge < -0.3 is 15.0 Å². The van der Waals surface area contributed by atoms with Crippen LogP contribution in [0.15, 0.2) is 42.6 Å². The van der Waals surface area contributed by atoms with Crippen LogP contribution >= 0.6 is 11.6 Å². The second kappa shape index (κ2) is 6.94. The van der Waals surface area contributed by atoms with E-state index in [2.05, 4.69) is 15.0 Å². The van der Waals surface area contributed by atoms with Gasteiger partial charge in [0.2, 0.25) is 5.91 Å². The number of ether oxygens (including phenoxy) is 1. The van der Waals surface area contributed by atoms with Gasteiger partial charge >= 0.3 is 5.97 Å². The molecular formula is C18H14ClFN2O3. The third kappa shape index (κ3) is 3.64. The zero-order chi connectivity index (χ0) is 18.0. The van der Waals surface area contributed by atoms with Crippen molar-refractivity contribution in [2.45, 2.75) is 6.42 Å². The second-order valence-corrected chi connectivity index (χ2v) is 5.82. The summed E-state index contributed by atoms with van der Waals surface area (Å²) in [5.74, 6) is -1.24. The molecule has 0 atom stereocenters. The number of rotatable bonds is 4. The molecule has 2 N–H and O–H groups in total. The van der Waals surface area contributed by atoms with Crippen molar-refractivity contribution in [3.63, 3.8) is 0 Å². The SMILES string of the molecule is COC(=O)c1ccc(Cl)c(NC(=O)Cc2c[nH]c3ccc(F)cc23)c1. The quantitative estimate of drug-likeness (QED) is 0.692. The number of aromatic amines is 1. The first kappa shape index (κ1) is 17.0. The van der Waals surface area contributed by atoms with Gasteiger partial charge in [-0.15, -0.1) is 0 Å². The van der Waals surface area contributed by atoms with Crippen molar-refractivity contribution in [3.05, 3.63) is 64.6 Å². The number of hydrogen-bond donors (Lipinski definition) is 2. The molecule has 25 heavy (non-hydrogen) atoms. The number of halogens is 2. The molecule has 0 bridgehead atoms. The molecule has 0 spiro atoms. The third-order valence-electron chi connectivity index (χ3n) is 3.74. The van der Waals surface area contributed by atoms with Crippen molar-refractivity contribution in [3.8, 4) is 0 Å². The van der Waals surface area contributed by atoms with E-state index < -0.39 is 5.97 Å². The summed E-state index contributed by atoms with van der Waals surface area (Å²) in [5, 5.41) is 3.60. The lowest BCUT2D eigenvalue weighted by atomic mass is 10.1. The molecule has 1 aromatic heterocycles. The lowest BCUT2D eigenvalue weighted by molar-refractivity contribution is -0.115. The molecule has 1 heterocycles. The first-order valence-corrected chi connectivity index (χ1v) is 7.79. The summed E-state index contributed by atoms with van der Waals surface area (Å²) in [5.41, 5.74) is 1.99. The van der Waals surface area contributed by atoms with Gasteiger partial charge in [-0.05, 0) is 42.0 Å². The zero-order valence-electron chi connectivity index (χ0n) is 13.2. The summed E-state index contributed by atoms with van der Waals surface area (Å²) >= 11 is 6.06. The van der Waals surface area contributed by atoms with Crippen LogP contribution in [0.25, 0.3) is 10.9 Å². The summed E-state index contributed by atoms with van der Waals surface area (Å²) in [4.78, 5) is 26.9. The lowest BCUT2D eigenvalue weighted by Gasteiger charge is -2.09. The first-order chi connectivity index (χ1) is 12.0. The molecule has 1 amide bonds. The Hall–Kier alpha value is -2.86. The molecule has 3 aromatic rings. The van der Waals surface area contributed by atoms with Gasteiger partial charge in [0.15, 0.2) is 0 Å². The smallest absolute Gasteiger partial charge is 0.337 e. The van der Waals surface area contributed by atoms with Gasteiger partial charge in [-0.3, -0.25) is 4.79 Å². The number of benzene rings is 2. The van der Waals surface area contributed by atoms with Crippen LogP contribution in [0.3, 0.4) is 0 Å². The van der Waals surface area contributed by atoms with Gasteiger partial charge in [0.25, 0.3) is 0 Å². The monoisotopic (exact) mass is 360 g/mol. The number of methoxy groups -OCH3 is 1. The molecule has 0 aliphatic rings. The van der Waals surface area contributed by atoms with Crippen molar-refractivity contribution < 1.29 is 18.7 Å². The summed E-state index contributed by atoms with van der Waals surface area (Å²) in [6, 6.07) is 8.79. The largest absolute Gasteiger partial charge is 0.465 e. The fraction of sp³-hybridized carbons (Fsp3) is 0.111. The molecule has 7 heteroatoms. The molecule has 5 nitrogen and oxygen atoms in total. The van der Waals surface area contributed by atoms with Crippen LogP contribution in [0.1, 0.15) is 15.9 Å². The maximum Gasteiger partial charge on any atom is 0.337 e. The average Bonchev–Trinajstić information content (AvgIpc) is 2.98. The highest BCUT2D eigenvalue weighted by atomic mass is 35.5. The van der Waals surface area contributed by atoms with Crippen molar-refractivity contribution in [2.75, 3.05) is 12.4 Å². The Morgan fingerprint density at radius 3 is 2.80 bits per heavy atom. The highest BCUT2D eigenvalue weighted by molar-refractivity contribution is 6.33. The van der Waals surface area contributed by atoms with Crippen LogP contribution in [-0.2, 0) is 16.0 Å². The second-order valence-electron chi connectivity index (χ2n) is 5.41. The van der Waals surface area contributed by atoms with Gasteiger partial charge in [-0.25, -0.2) is 9.18 Å². The molecule has 0 fully saturated rings. The number of carbonyl (C=O) groups excluding carboxylic acids is 2. The van der Waals surface area contributed by atoms with E-state index in [0.717, 1.165) is 5.52 Å². The molecule has 0 saturated carbocycles. The number of anilines is 1. The molecule has 2 aromatic carbocycles. The van der Waals surface area contributed by atoms with Gasteiger partial charge in [0.1, 0.15) is 5.82 Å². The Balaban J connectivity index is 1.80. The summed E-state index contributed by atoms with van der Waals surface area (Å²) in [6.07, 6.45) is 1.69. The van der Waals surface area contributed by atoms with Crippen LogP contribution in [-0.4, -0.2) is 24.0 Å². The van der Waals surface area contributed by atoms with Gasteiger partial charge in [-0.2, -0.15) is 0 Å². The highest BCUT2D eigenvalue weighted by Gasteiger charge is 2.13. The summed E-state index contributed by atoms with van der Waals surface area (Å²) in [7, 11) is 1.27. The van der Waals surface area contributed by atoms with Crippen LogP contribution in [0.4, 0.5) is 10.1 Å². The Morgan fingerprint density at radius 1 is 1.24 bits per heavy atom. The van der Waals surface area contributed by atoms with Crippen LogP contribution in [0.2, 0.25) is 5.02 Å². The number of hydrogen-bond acceptors (Lipinski definition) is 3. The molecule has 0 saturated heterocycles. The van der Waals surface area contributed by atoms with E-state index in [1.54, 1.807) is 12.3 Å². The van der Waals surface area contributed by atoms with E-state index in [0.29, 0.717) is 21.7 Å². The molecule has 0 radical (unpaired) electrons. The average molecular weight is 361 g/mol. The van der Waals surface area contributed by atoms with Crippen molar-refractivity contribution in [1.29, 1.82) is 0 Å². The Kier molecular flexibility index (Phi) is 4.72. The third-order valence-corrected chi connectivity index (χ3v) is 4.07. The van der Waals surface area contributed by atoms with E-state index in [-0.39, 0.29) is 23.7 Å². The number of H-pyrrole nitrogens is 1. The number of esters is 1. The van der Waals surface area contributed by atoms with Gasteiger partial charge in [0.05, 0.1) is 29.8 Å². The predicted molar refractivity (Wildman–Crippen MR) is 93.4 cm³/mol. The van der Waals surface area contributed by atoms with E-state index in [1.165, 1.54) is 37.4 Å². The number of fused-ring (bicyclic) bond motifs is 1.